The van der Waals surface area contributed by atoms with E-state index in [9.17, 15) is 16.8 Å². The van der Waals surface area contributed by atoms with Gasteiger partial charge in [-0.25, -0.2) is 21.8 Å². The van der Waals surface area contributed by atoms with Gasteiger partial charge in [0.25, 0.3) is 0 Å². The Morgan fingerprint density at radius 3 is 2.68 bits per heavy atom. The average Bonchev–Trinajstić information content (AvgIpc) is 2.78. The molecule has 0 radical (unpaired) electrons. The summed E-state index contributed by atoms with van der Waals surface area (Å²) in [6, 6.07) is 3.14. The number of nitrogens with zero attached hydrogens (tertiary/aromatic N) is 1. The van der Waals surface area contributed by atoms with Gasteiger partial charge in [0.2, 0.25) is 10.0 Å². The van der Waals surface area contributed by atoms with Crippen molar-refractivity contribution < 1.29 is 16.8 Å². The van der Waals surface area contributed by atoms with Gasteiger partial charge in [0.05, 0.1) is 29.1 Å². The van der Waals surface area contributed by atoms with E-state index in [1.807, 2.05) is 6.92 Å². The number of nitrogens with one attached hydrogen (secondary N) is 2. The monoisotopic (exact) mass is 347 g/mol. The molecule has 1 unspecified atom stereocenters. The Kier molecular flexibility index (Phi) is 5.28. The lowest BCUT2D eigenvalue weighted by Crippen LogP contribution is -2.21. The third-order valence-electron chi connectivity index (χ3n) is 3.39. The number of sulfone groups is 1. The second-order valence-corrected chi connectivity index (χ2v) is 9.52. The van der Waals surface area contributed by atoms with Crippen LogP contribution in [0, 0.1) is 0 Å². The molecule has 2 N–H and O–H groups in total. The van der Waals surface area contributed by atoms with E-state index in [1.54, 1.807) is 12.1 Å². The van der Waals surface area contributed by atoms with E-state index in [4.69, 9.17) is 0 Å². The second-order valence-electron chi connectivity index (χ2n) is 5.45. The van der Waals surface area contributed by atoms with Gasteiger partial charge in [0.15, 0.2) is 9.84 Å². The molecule has 0 saturated carbocycles. The lowest BCUT2D eigenvalue weighted by atomic mass is 10.2. The van der Waals surface area contributed by atoms with Crippen LogP contribution in [0.25, 0.3) is 0 Å². The molecular weight excluding hydrogens is 326 g/mol. The van der Waals surface area contributed by atoms with Crippen molar-refractivity contribution in [2.75, 3.05) is 27.3 Å². The summed E-state index contributed by atoms with van der Waals surface area (Å²) < 4.78 is 48.7. The van der Waals surface area contributed by atoms with Crippen LogP contribution in [0.15, 0.2) is 18.3 Å². The molecule has 9 heteroatoms. The topological polar surface area (TPSA) is 105 Å². The molecule has 1 fully saturated rings. The maximum atomic E-state index is 11.8. The summed E-state index contributed by atoms with van der Waals surface area (Å²) in [6.07, 6.45) is 3.49. The summed E-state index contributed by atoms with van der Waals surface area (Å²) in [7, 11) is -6.29. The quantitative estimate of drug-likeness (QED) is 0.768. The molecule has 0 aliphatic carbocycles. The van der Waals surface area contributed by atoms with Crippen molar-refractivity contribution in [2.45, 2.75) is 32.2 Å². The SMILES string of the molecule is CCCCS(=O)(=O)Nc1ccc(NC2CCS(=O)(=O)C2)cn1. The third kappa shape index (κ3) is 5.13. The van der Waals surface area contributed by atoms with Crippen LogP contribution in [0.1, 0.15) is 26.2 Å². The van der Waals surface area contributed by atoms with Gasteiger partial charge in [-0.3, -0.25) is 4.72 Å². The molecule has 0 amide bonds. The lowest BCUT2D eigenvalue weighted by Gasteiger charge is -2.12. The van der Waals surface area contributed by atoms with Crippen molar-refractivity contribution in [3.63, 3.8) is 0 Å². The Balaban J connectivity index is 1.93. The minimum atomic E-state index is -3.36. The van der Waals surface area contributed by atoms with E-state index in [1.165, 1.54) is 6.20 Å². The maximum Gasteiger partial charge on any atom is 0.233 e. The fourth-order valence-corrected chi connectivity index (χ4v) is 5.11. The number of hydrogen-bond donors (Lipinski definition) is 2. The van der Waals surface area contributed by atoms with Crippen molar-refractivity contribution in [1.29, 1.82) is 0 Å². The first-order valence-corrected chi connectivity index (χ1v) is 10.7. The van der Waals surface area contributed by atoms with Crippen LogP contribution in [0.4, 0.5) is 11.5 Å². The molecule has 124 valence electrons. The van der Waals surface area contributed by atoms with Crippen molar-refractivity contribution in [1.82, 2.24) is 4.98 Å². The Morgan fingerprint density at radius 1 is 1.36 bits per heavy atom. The van der Waals surface area contributed by atoms with Crippen LogP contribution < -0.4 is 10.0 Å². The number of aromatic nitrogens is 1. The largest absolute Gasteiger partial charge is 0.380 e. The molecule has 1 saturated heterocycles. The molecule has 0 bridgehead atoms. The molecule has 0 spiro atoms. The first kappa shape index (κ1) is 17.0. The van der Waals surface area contributed by atoms with Crippen molar-refractivity contribution in [3.8, 4) is 0 Å². The Hall–Kier alpha value is -1.35. The molecular formula is C13H21N3O4S2. The highest BCUT2D eigenvalue weighted by molar-refractivity contribution is 7.92. The van der Waals surface area contributed by atoms with Crippen LogP contribution >= 0.6 is 0 Å². The number of rotatable bonds is 7. The van der Waals surface area contributed by atoms with Gasteiger partial charge in [0.1, 0.15) is 5.82 Å². The zero-order chi connectivity index (χ0) is 16.2. The smallest absolute Gasteiger partial charge is 0.233 e. The van der Waals surface area contributed by atoms with E-state index in [0.717, 1.165) is 6.42 Å². The molecule has 22 heavy (non-hydrogen) atoms. The number of anilines is 2. The maximum absolute atomic E-state index is 11.8. The van der Waals surface area contributed by atoms with Gasteiger partial charge < -0.3 is 5.32 Å². The predicted octanol–water partition coefficient (Wildman–Crippen LogP) is 1.22. The minimum Gasteiger partial charge on any atom is -0.380 e. The predicted molar refractivity (Wildman–Crippen MR) is 87.2 cm³/mol. The van der Waals surface area contributed by atoms with Crippen LogP contribution in [0.5, 0.6) is 0 Å². The van der Waals surface area contributed by atoms with E-state index >= 15 is 0 Å². The Morgan fingerprint density at radius 2 is 2.14 bits per heavy atom. The summed E-state index contributed by atoms with van der Waals surface area (Å²) in [5.41, 5.74) is 0.679. The molecule has 1 aromatic heterocycles. The normalized spacial score (nSPS) is 20.7. The second kappa shape index (κ2) is 6.82. The van der Waals surface area contributed by atoms with Gasteiger partial charge in [-0.2, -0.15) is 0 Å². The minimum absolute atomic E-state index is 0.0745. The summed E-state index contributed by atoms with van der Waals surface area (Å²) in [5, 5.41) is 3.10. The molecule has 7 nitrogen and oxygen atoms in total. The fraction of sp³-hybridized carbons (Fsp3) is 0.615. The van der Waals surface area contributed by atoms with Crippen molar-refractivity contribution >= 4 is 31.4 Å². The van der Waals surface area contributed by atoms with Crippen LogP contribution in [-0.4, -0.2) is 45.1 Å². The zero-order valence-corrected chi connectivity index (χ0v) is 14.1. The molecule has 0 aromatic carbocycles. The Bertz CT molecular complexity index is 699. The van der Waals surface area contributed by atoms with E-state index in [2.05, 4.69) is 15.0 Å². The van der Waals surface area contributed by atoms with E-state index in [0.29, 0.717) is 18.5 Å². The molecule has 1 aromatic rings. The average molecular weight is 347 g/mol. The summed E-state index contributed by atoms with van der Waals surface area (Å²) in [4.78, 5) is 4.05. The molecule has 1 atom stereocenters. The summed E-state index contributed by atoms with van der Waals surface area (Å²) in [5.74, 6) is 0.664. The lowest BCUT2D eigenvalue weighted by molar-refractivity contribution is 0.597. The summed E-state index contributed by atoms with van der Waals surface area (Å²) >= 11 is 0. The number of sulfonamides is 1. The van der Waals surface area contributed by atoms with Crippen molar-refractivity contribution in [3.05, 3.63) is 18.3 Å². The van der Waals surface area contributed by atoms with Gasteiger partial charge >= 0.3 is 0 Å². The highest BCUT2D eigenvalue weighted by atomic mass is 32.2. The van der Waals surface area contributed by atoms with Crippen LogP contribution in [0.2, 0.25) is 0 Å². The van der Waals surface area contributed by atoms with Gasteiger partial charge in [-0.15, -0.1) is 0 Å². The number of pyridine rings is 1. The molecule has 1 aliphatic heterocycles. The highest BCUT2D eigenvalue weighted by Gasteiger charge is 2.27. The van der Waals surface area contributed by atoms with Crippen LogP contribution in [-0.2, 0) is 19.9 Å². The number of unbranched alkanes of at least 4 members (excludes halogenated alkanes) is 1. The van der Waals surface area contributed by atoms with Crippen molar-refractivity contribution in [2.24, 2.45) is 0 Å². The molecule has 2 rings (SSSR count). The summed E-state index contributed by atoms with van der Waals surface area (Å²) in [6.45, 7) is 1.93. The van der Waals surface area contributed by atoms with Gasteiger partial charge in [-0.05, 0) is 25.0 Å². The van der Waals surface area contributed by atoms with E-state index in [-0.39, 0.29) is 29.1 Å². The highest BCUT2D eigenvalue weighted by Crippen LogP contribution is 2.18. The first-order valence-electron chi connectivity index (χ1n) is 7.23. The van der Waals surface area contributed by atoms with E-state index < -0.39 is 19.9 Å². The standard InChI is InChI=1S/C13H21N3O4S2/c1-2-3-7-22(19,20)16-13-5-4-11(9-14-13)15-12-6-8-21(17,18)10-12/h4-5,9,12,15H,2-3,6-8,10H2,1H3,(H,14,16). The number of hydrogen-bond acceptors (Lipinski definition) is 6. The first-order chi connectivity index (χ1) is 10.3. The zero-order valence-electron chi connectivity index (χ0n) is 12.4. The Labute approximate surface area is 131 Å². The van der Waals surface area contributed by atoms with Gasteiger partial charge in [0, 0.05) is 6.04 Å². The van der Waals surface area contributed by atoms with Crippen LogP contribution in [0.3, 0.4) is 0 Å². The molecule has 1 aliphatic rings. The van der Waals surface area contributed by atoms with Gasteiger partial charge in [-0.1, -0.05) is 13.3 Å². The third-order valence-corrected chi connectivity index (χ3v) is 6.51. The fourth-order valence-electron chi connectivity index (χ4n) is 2.23. The molecule has 2 heterocycles.